The van der Waals surface area contributed by atoms with Gasteiger partial charge in [-0.1, -0.05) is 17.3 Å². The fourth-order valence-corrected chi connectivity index (χ4v) is 2.20. The lowest BCUT2D eigenvalue weighted by atomic mass is 10.2. The van der Waals surface area contributed by atoms with Crippen molar-refractivity contribution in [1.29, 1.82) is 0 Å². The number of ether oxygens (including phenoxy) is 1. The number of fused-ring (bicyclic) bond motifs is 1. The lowest BCUT2D eigenvalue weighted by Gasteiger charge is -2.10. The summed E-state index contributed by atoms with van der Waals surface area (Å²) in [7, 11) is 1.66. The molecule has 0 atom stereocenters. The predicted octanol–water partition coefficient (Wildman–Crippen LogP) is 2.19. The number of hydrogen-bond acceptors (Lipinski definition) is 5. The zero-order chi connectivity index (χ0) is 18.0. The molecule has 0 aliphatic heterocycles. The van der Waals surface area contributed by atoms with E-state index in [1.165, 1.54) is 41.2 Å². The summed E-state index contributed by atoms with van der Waals surface area (Å²) in [6.07, 6.45) is -3.26. The Balaban J connectivity index is 1.68. The average molecular weight is 351 g/mol. The van der Waals surface area contributed by atoms with Crippen LogP contribution in [-0.4, -0.2) is 32.2 Å². The first kappa shape index (κ1) is 16.7. The summed E-state index contributed by atoms with van der Waals surface area (Å²) in [6, 6.07) is 6.76. The van der Waals surface area contributed by atoms with Gasteiger partial charge in [-0.2, -0.15) is 0 Å². The Kier molecular flexibility index (Phi) is 4.26. The van der Waals surface area contributed by atoms with Crippen molar-refractivity contribution in [2.24, 2.45) is 7.05 Å². The monoisotopic (exact) mass is 351 g/mol. The zero-order valence-electron chi connectivity index (χ0n) is 12.9. The number of pyridine rings is 1. The molecule has 2 heterocycles. The summed E-state index contributed by atoms with van der Waals surface area (Å²) in [5, 5.41) is 10.4. The molecule has 0 fully saturated rings. The SMILES string of the molecule is Cn1nnc2c(C(=O)NCc3ccc(OC(F)(F)F)cc3)ccnc21. The van der Waals surface area contributed by atoms with E-state index in [1.807, 2.05) is 0 Å². The van der Waals surface area contributed by atoms with E-state index in [-0.39, 0.29) is 18.2 Å². The third kappa shape index (κ3) is 3.84. The van der Waals surface area contributed by atoms with Crippen molar-refractivity contribution in [2.75, 3.05) is 0 Å². The van der Waals surface area contributed by atoms with Crippen molar-refractivity contribution >= 4 is 17.1 Å². The minimum Gasteiger partial charge on any atom is -0.406 e. The molecule has 25 heavy (non-hydrogen) atoms. The van der Waals surface area contributed by atoms with Gasteiger partial charge < -0.3 is 10.1 Å². The topological polar surface area (TPSA) is 81.9 Å². The van der Waals surface area contributed by atoms with E-state index in [1.54, 1.807) is 7.05 Å². The number of nitrogens with one attached hydrogen (secondary N) is 1. The minimum absolute atomic E-state index is 0.134. The Hall–Kier alpha value is -3.17. The molecule has 0 radical (unpaired) electrons. The number of aromatic nitrogens is 4. The number of hydrogen-bond donors (Lipinski definition) is 1. The number of rotatable bonds is 4. The van der Waals surface area contributed by atoms with Crippen molar-refractivity contribution in [3.8, 4) is 5.75 Å². The summed E-state index contributed by atoms with van der Waals surface area (Å²) in [5.41, 5.74) is 1.78. The van der Waals surface area contributed by atoms with Crippen LogP contribution < -0.4 is 10.1 Å². The molecule has 3 aromatic rings. The molecule has 2 aromatic heterocycles. The van der Waals surface area contributed by atoms with Crippen molar-refractivity contribution in [3.05, 3.63) is 47.7 Å². The third-order valence-corrected chi connectivity index (χ3v) is 3.34. The number of carbonyl (C=O) groups excluding carboxylic acids is 1. The van der Waals surface area contributed by atoms with Gasteiger partial charge in [0.2, 0.25) is 0 Å². The maximum atomic E-state index is 12.3. The van der Waals surface area contributed by atoms with Crippen molar-refractivity contribution < 1.29 is 22.7 Å². The lowest BCUT2D eigenvalue weighted by Crippen LogP contribution is -2.23. The van der Waals surface area contributed by atoms with Crippen LogP contribution >= 0.6 is 0 Å². The van der Waals surface area contributed by atoms with E-state index < -0.39 is 6.36 Å². The number of aryl methyl sites for hydroxylation is 1. The number of carbonyl (C=O) groups is 1. The highest BCUT2D eigenvalue weighted by Gasteiger charge is 2.30. The number of benzene rings is 1. The first-order valence-electron chi connectivity index (χ1n) is 7.11. The summed E-state index contributed by atoms with van der Waals surface area (Å²) in [5.74, 6) is -0.707. The molecule has 130 valence electrons. The van der Waals surface area contributed by atoms with Gasteiger partial charge in [0.05, 0.1) is 5.56 Å². The van der Waals surface area contributed by atoms with Gasteiger partial charge in [-0.25, -0.2) is 9.67 Å². The van der Waals surface area contributed by atoms with Gasteiger partial charge in [0.25, 0.3) is 5.91 Å². The van der Waals surface area contributed by atoms with Crippen LogP contribution in [0.15, 0.2) is 36.5 Å². The highest BCUT2D eigenvalue weighted by molar-refractivity contribution is 6.03. The van der Waals surface area contributed by atoms with Crippen LogP contribution in [-0.2, 0) is 13.6 Å². The predicted molar refractivity (Wildman–Crippen MR) is 80.6 cm³/mol. The number of nitrogens with zero attached hydrogens (tertiary/aromatic N) is 4. The van der Waals surface area contributed by atoms with Crippen molar-refractivity contribution in [3.63, 3.8) is 0 Å². The van der Waals surface area contributed by atoms with E-state index >= 15 is 0 Å². The number of amides is 1. The van der Waals surface area contributed by atoms with Gasteiger partial charge in [0.1, 0.15) is 11.3 Å². The van der Waals surface area contributed by atoms with Crippen molar-refractivity contribution in [1.82, 2.24) is 25.3 Å². The Morgan fingerprint density at radius 3 is 2.64 bits per heavy atom. The molecule has 0 saturated carbocycles. The van der Waals surface area contributed by atoms with Crippen LogP contribution in [0.2, 0.25) is 0 Å². The summed E-state index contributed by atoms with van der Waals surface area (Å²) >= 11 is 0. The van der Waals surface area contributed by atoms with E-state index in [0.717, 1.165) is 0 Å². The van der Waals surface area contributed by atoms with Gasteiger partial charge in [-0.3, -0.25) is 4.79 Å². The Morgan fingerprint density at radius 1 is 1.24 bits per heavy atom. The summed E-state index contributed by atoms with van der Waals surface area (Å²) in [6.45, 7) is 0.134. The largest absolute Gasteiger partial charge is 0.573 e. The standard InChI is InChI=1S/C15H12F3N5O2/c1-23-13-12(21-22-23)11(6-7-19-13)14(24)20-8-9-2-4-10(5-3-9)25-15(16,17)18/h2-7H,8H2,1H3,(H,20,24). The lowest BCUT2D eigenvalue weighted by molar-refractivity contribution is -0.274. The second-order valence-electron chi connectivity index (χ2n) is 5.12. The molecule has 1 amide bonds. The van der Waals surface area contributed by atoms with Gasteiger partial charge in [-0.05, 0) is 23.8 Å². The molecule has 3 rings (SSSR count). The molecule has 0 saturated heterocycles. The fraction of sp³-hybridized carbons (Fsp3) is 0.200. The smallest absolute Gasteiger partial charge is 0.406 e. The second kappa shape index (κ2) is 6.38. The fourth-order valence-electron chi connectivity index (χ4n) is 2.20. The second-order valence-corrected chi connectivity index (χ2v) is 5.12. The van der Waals surface area contributed by atoms with Crippen LogP contribution in [0.1, 0.15) is 15.9 Å². The maximum absolute atomic E-state index is 12.3. The number of halogens is 3. The molecule has 0 bridgehead atoms. The Bertz CT molecular complexity index is 906. The highest BCUT2D eigenvalue weighted by atomic mass is 19.4. The van der Waals surface area contributed by atoms with Crippen molar-refractivity contribution in [2.45, 2.75) is 12.9 Å². The normalized spacial score (nSPS) is 11.5. The molecular formula is C15H12F3N5O2. The van der Waals surface area contributed by atoms with Crippen LogP contribution in [0.25, 0.3) is 11.2 Å². The summed E-state index contributed by atoms with van der Waals surface area (Å²) in [4.78, 5) is 16.4. The quantitative estimate of drug-likeness (QED) is 0.779. The minimum atomic E-state index is -4.74. The van der Waals surface area contributed by atoms with E-state index in [2.05, 4.69) is 25.3 Å². The van der Waals surface area contributed by atoms with Crippen LogP contribution in [0.3, 0.4) is 0 Å². The molecule has 10 heteroatoms. The molecule has 0 unspecified atom stereocenters. The van der Waals surface area contributed by atoms with Gasteiger partial charge >= 0.3 is 6.36 Å². The van der Waals surface area contributed by atoms with E-state index in [4.69, 9.17) is 0 Å². The van der Waals surface area contributed by atoms with Crippen LogP contribution in [0, 0.1) is 0 Å². The molecule has 0 aliphatic carbocycles. The van der Waals surface area contributed by atoms with Gasteiger partial charge in [0, 0.05) is 19.8 Å². The Labute approximate surface area is 139 Å². The van der Waals surface area contributed by atoms with Gasteiger partial charge in [0.15, 0.2) is 5.65 Å². The first-order chi connectivity index (χ1) is 11.8. The maximum Gasteiger partial charge on any atom is 0.573 e. The van der Waals surface area contributed by atoms with E-state index in [0.29, 0.717) is 22.3 Å². The molecule has 1 aromatic carbocycles. The molecule has 1 N–H and O–H groups in total. The van der Waals surface area contributed by atoms with Crippen LogP contribution in [0.4, 0.5) is 13.2 Å². The molecule has 0 spiro atoms. The van der Waals surface area contributed by atoms with E-state index in [9.17, 15) is 18.0 Å². The van der Waals surface area contributed by atoms with Crippen LogP contribution in [0.5, 0.6) is 5.75 Å². The zero-order valence-corrected chi connectivity index (χ0v) is 12.9. The molecule has 7 nitrogen and oxygen atoms in total. The Morgan fingerprint density at radius 2 is 1.96 bits per heavy atom. The summed E-state index contributed by atoms with van der Waals surface area (Å²) < 4.78 is 41.6. The molecular weight excluding hydrogens is 339 g/mol. The molecule has 0 aliphatic rings. The average Bonchev–Trinajstić information content (AvgIpc) is 2.94. The highest BCUT2D eigenvalue weighted by Crippen LogP contribution is 2.22. The number of alkyl halides is 3. The van der Waals surface area contributed by atoms with Gasteiger partial charge in [-0.15, -0.1) is 18.3 Å². The first-order valence-corrected chi connectivity index (χ1v) is 7.11. The third-order valence-electron chi connectivity index (χ3n) is 3.34.